The highest BCUT2D eigenvalue weighted by molar-refractivity contribution is 9.52. The van der Waals surface area contributed by atoms with Gasteiger partial charge in [0.05, 0.1) is 0 Å². The summed E-state index contributed by atoms with van der Waals surface area (Å²) in [5.41, 5.74) is 0.854. The largest absolute Gasteiger partial charge is 0.232 e. The SMILES string of the molecule is BrC(Br)(Br)Br.[O]Cc1ccccc1. The lowest BCUT2D eigenvalue weighted by atomic mass is 10.2. The standard InChI is InChI=1S/C7H7O.CBr4/c8-6-7-4-2-1-3-5-7;2-1(3,4)5/h1-5H,6H2;. The van der Waals surface area contributed by atoms with E-state index < -0.39 is 0 Å². The summed E-state index contributed by atoms with van der Waals surface area (Å²) in [5.74, 6) is 0. The summed E-state index contributed by atoms with van der Waals surface area (Å²) >= 11 is 12.5. The van der Waals surface area contributed by atoms with Gasteiger partial charge in [-0.1, -0.05) is 30.3 Å². The number of hydrogen-bond acceptors (Lipinski definition) is 0. The van der Waals surface area contributed by atoms with Crippen molar-refractivity contribution in [3.63, 3.8) is 0 Å². The molecule has 0 unspecified atom stereocenters. The molecule has 1 nitrogen and oxygen atoms in total. The molecule has 0 fully saturated rings. The molecule has 0 aliphatic carbocycles. The van der Waals surface area contributed by atoms with Crippen molar-refractivity contribution < 1.29 is 5.11 Å². The van der Waals surface area contributed by atoms with Crippen molar-refractivity contribution in [2.45, 2.75) is 7.66 Å². The zero-order valence-electron chi connectivity index (χ0n) is 6.51. The van der Waals surface area contributed by atoms with Crippen molar-refractivity contribution in [3.8, 4) is 0 Å². The van der Waals surface area contributed by atoms with Gasteiger partial charge >= 0.3 is 0 Å². The molecule has 13 heavy (non-hydrogen) atoms. The van der Waals surface area contributed by atoms with Crippen molar-refractivity contribution in [2.75, 3.05) is 0 Å². The van der Waals surface area contributed by atoms with Crippen molar-refractivity contribution in [1.82, 2.24) is 0 Å². The molecule has 0 heterocycles. The predicted molar refractivity (Wildman–Crippen MR) is 69.3 cm³/mol. The van der Waals surface area contributed by atoms with Gasteiger partial charge in [-0.15, -0.1) is 0 Å². The normalized spacial score (nSPS) is 10.2. The number of hydrogen-bond donors (Lipinski definition) is 0. The van der Waals surface area contributed by atoms with Gasteiger partial charge in [-0.3, -0.25) is 0 Å². The lowest BCUT2D eigenvalue weighted by molar-refractivity contribution is 0.177. The predicted octanol–water partition coefficient (Wildman–Crippen LogP) is 4.79. The van der Waals surface area contributed by atoms with Crippen LogP contribution in [0.2, 0.25) is 0 Å². The van der Waals surface area contributed by atoms with Gasteiger partial charge in [0, 0.05) is 0 Å². The maximum absolute atomic E-state index is 10.1. The number of alkyl halides is 4. The molecule has 73 valence electrons. The second-order valence-corrected chi connectivity index (χ2v) is 13.2. The van der Waals surface area contributed by atoms with Gasteiger partial charge < -0.3 is 0 Å². The zero-order valence-corrected chi connectivity index (χ0v) is 12.9. The lowest BCUT2D eigenvalue weighted by Gasteiger charge is -1.93. The van der Waals surface area contributed by atoms with E-state index in [4.69, 9.17) is 0 Å². The second kappa shape index (κ2) is 7.40. The molecule has 0 saturated heterocycles. The first-order valence-electron chi connectivity index (χ1n) is 3.31. The van der Waals surface area contributed by atoms with E-state index in [1.165, 1.54) is 0 Å². The molecule has 0 aliphatic heterocycles. The van der Waals surface area contributed by atoms with Crippen LogP contribution in [0.3, 0.4) is 0 Å². The van der Waals surface area contributed by atoms with E-state index in [2.05, 4.69) is 63.7 Å². The first-order valence-corrected chi connectivity index (χ1v) is 6.48. The van der Waals surface area contributed by atoms with E-state index in [1.807, 2.05) is 30.3 Å². The Morgan fingerprint density at radius 3 is 1.62 bits per heavy atom. The van der Waals surface area contributed by atoms with Crippen LogP contribution in [-0.2, 0) is 11.7 Å². The fourth-order valence-electron chi connectivity index (χ4n) is 0.574. The Morgan fingerprint density at radius 1 is 1.00 bits per heavy atom. The summed E-state index contributed by atoms with van der Waals surface area (Å²) in [7, 11) is 0. The molecule has 1 aromatic rings. The second-order valence-electron chi connectivity index (χ2n) is 2.06. The van der Waals surface area contributed by atoms with Crippen LogP contribution in [0.5, 0.6) is 0 Å². The van der Waals surface area contributed by atoms with Gasteiger partial charge in [-0.2, -0.15) is 0 Å². The van der Waals surface area contributed by atoms with Crippen LogP contribution < -0.4 is 0 Å². The molecule has 5 heteroatoms. The van der Waals surface area contributed by atoms with Crippen LogP contribution in [0.4, 0.5) is 0 Å². The Bertz CT molecular complexity index is 213. The summed E-state index contributed by atoms with van der Waals surface area (Å²) in [6.07, 6.45) is 0. The molecule has 0 bridgehead atoms. The third-order valence-electron chi connectivity index (χ3n) is 1.01. The molecule has 0 aromatic heterocycles. The molecular formula is C8H7Br4O. The lowest BCUT2D eigenvalue weighted by Crippen LogP contribution is -1.75. The Labute approximate surface area is 111 Å². The molecule has 0 atom stereocenters. The van der Waals surface area contributed by atoms with Crippen LogP contribution >= 0.6 is 63.7 Å². The van der Waals surface area contributed by atoms with Crippen LogP contribution in [0.15, 0.2) is 30.3 Å². The van der Waals surface area contributed by atoms with Gasteiger partial charge in [0.1, 0.15) is 6.61 Å². The highest BCUT2D eigenvalue weighted by Gasteiger charge is 2.08. The number of benzene rings is 1. The van der Waals surface area contributed by atoms with Gasteiger partial charge in [0.25, 0.3) is 0 Å². The monoisotopic (exact) mass is 435 g/mol. The topological polar surface area (TPSA) is 19.9 Å². The average molecular weight is 439 g/mol. The van der Waals surface area contributed by atoms with Gasteiger partial charge in [-0.25, -0.2) is 5.11 Å². The minimum absolute atomic E-state index is 0.110. The van der Waals surface area contributed by atoms with Crippen molar-refractivity contribution in [2.24, 2.45) is 0 Å². The molecule has 1 rings (SSSR count). The van der Waals surface area contributed by atoms with Crippen molar-refractivity contribution in [1.29, 1.82) is 0 Å². The molecule has 1 radical (unpaired) electrons. The molecule has 0 amide bonds. The fraction of sp³-hybridized carbons (Fsp3) is 0.250. The van der Waals surface area contributed by atoms with Crippen LogP contribution in [0, 0.1) is 0 Å². The first-order chi connectivity index (χ1) is 5.93. The van der Waals surface area contributed by atoms with Gasteiger partial charge in [-0.05, 0) is 69.3 Å². The van der Waals surface area contributed by atoms with Crippen LogP contribution in [0.25, 0.3) is 0 Å². The van der Waals surface area contributed by atoms with E-state index in [0.717, 1.165) is 5.56 Å². The Hall–Kier alpha value is 1.10. The molecule has 0 saturated carbocycles. The number of halogens is 4. The maximum Gasteiger partial charge on any atom is 0.189 e. The smallest absolute Gasteiger partial charge is 0.189 e. The van der Waals surface area contributed by atoms with E-state index in [0.29, 0.717) is 0 Å². The molecular weight excluding hydrogens is 432 g/mol. The Balaban J connectivity index is 0.000000252. The quantitative estimate of drug-likeness (QED) is 0.562. The third-order valence-corrected chi connectivity index (χ3v) is 1.01. The van der Waals surface area contributed by atoms with Crippen molar-refractivity contribution in [3.05, 3.63) is 35.9 Å². The zero-order chi connectivity index (χ0) is 10.3. The summed E-state index contributed by atoms with van der Waals surface area (Å²) in [6, 6.07) is 9.29. The van der Waals surface area contributed by atoms with E-state index >= 15 is 0 Å². The van der Waals surface area contributed by atoms with Gasteiger partial charge in [0.2, 0.25) is 0 Å². The highest BCUT2D eigenvalue weighted by atomic mass is 80.0. The summed E-state index contributed by atoms with van der Waals surface area (Å²) in [5, 5.41) is 10.1. The summed E-state index contributed by atoms with van der Waals surface area (Å²) in [4.78, 5) is 0. The first kappa shape index (κ1) is 14.1. The van der Waals surface area contributed by atoms with Crippen LogP contribution in [-0.4, -0.2) is 1.05 Å². The van der Waals surface area contributed by atoms with E-state index in [9.17, 15) is 5.11 Å². The highest BCUT2D eigenvalue weighted by Crippen LogP contribution is 2.39. The fourth-order valence-corrected chi connectivity index (χ4v) is 0.574. The number of rotatable bonds is 1. The maximum atomic E-state index is 10.1. The van der Waals surface area contributed by atoms with Gasteiger partial charge in [0.15, 0.2) is 1.05 Å². The molecule has 0 spiro atoms. The molecule has 0 aliphatic rings. The summed E-state index contributed by atoms with van der Waals surface area (Å²) in [6.45, 7) is -0.110. The Morgan fingerprint density at radius 2 is 1.38 bits per heavy atom. The minimum atomic E-state index is -0.250. The minimum Gasteiger partial charge on any atom is -0.232 e. The molecule has 1 aromatic carbocycles. The Kier molecular flexibility index (Phi) is 8.03. The summed E-state index contributed by atoms with van der Waals surface area (Å²) < 4.78 is -0.250. The van der Waals surface area contributed by atoms with Crippen molar-refractivity contribution >= 4 is 63.7 Å². The average Bonchev–Trinajstić information content (AvgIpc) is 2.03. The van der Waals surface area contributed by atoms with E-state index in [-0.39, 0.29) is 7.66 Å². The third kappa shape index (κ3) is 13.1. The van der Waals surface area contributed by atoms with E-state index in [1.54, 1.807) is 0 Å². The van der Waals surface area contributed by atoms with Crippen LogP contribution in [0.1, 0.15) is 5.56 Å². The molecule has 0 N–H and O–H groups in total.